The minimum absolute atomic E-state index is 0.318. The molecule has 5 atom stereocenters. The number of hydrogen-bond donors (Lipinski definition) is 4. The molecule has 0 aromatic carbocycles. The molecule has 0 aromatic heterocycles. The average molecular weight is 666 g/mol. The Kier molecular flexibility index (Phi) is 19.6. The highest BCUT2D eigenvalue weighted by molar-refractivity contribution is 5.94. The summed E-state index contributed by atoms with van der Waals surface area (Å²) >= 11 is 0. The van der Waals surface area contributed by atoms with Crippen LogP contribution in [0.2, 0.25) is 0 Å². The van der Waals surface area contributed by atoms with Gasteiger partial charge in [-0.3, -0.25) is 28.8 Å². The zero-order valence-corrected chi connectivity index (χ0v) is 29.6. The summed E-state index contributed by atoms with van der Waals surface area (Å²) in [4.78, 5) is 88.7. The van der Waals surface area contributed by atoms with Gasteiger partial charge in [-0.25, -0.2) is 4.79 Å². The number of nitrogens with zero attached hydrogens (tertiary/aromatic N) is 2. The van der Waals surface area contributed by atoms with Gasteiger partial charge in [0, 0.05) is 19.7 Å². The quantitative estimate of drug-likeness (QED) is 0.0853. The van der Waals surface area contributed by atoms with E-state index in [2.05, 4.69) is 35.9 Å². The van der Waals surface area contributed by atoms with E-state index in [1.807, 2.05) is 13.8 Å². The maximum Gasteiger partial charge on any atom is 0.333 e. The summed E-state index contributed by atoms with van der Waals surface area (Å²) in [5.74, 6) is -4.86. The Hall–Kier alpha value is -4.23. The number of ether oxygens (including phenoxy) is 1. The number of carboxylic acid groups (broad SMARTS) is 1. The number of allylic oxidation sites excluding steroid dienone is 3. The summed E-state index contributed by atoms with van der Waals surface area (Å²) in [7, 11) is 2.71. The standard InChI is InChI=1S/C33H55N5O9/c1-11-20(3)16-21(4)14-13-15-23(6)33(46)47-19-27(40)34-24(7)31(43)38(10)18-28(41)37(9)17-26(39)36-29(22(5)12-2)30(42)35-25(8)32(44)45/h11,15,21-22,24-25,29H,12-14,16-19H2,1-10H3,(H,34,40)(H,35,42)(H,36,39)(H,44,45)/b20-11+,23-15+/t21-,22?,24?,25-,29?/m1/s1. The second-order valence-electron chi connectivity index (χ2n) is 12.2. The molecule has 14 nitrogen and oxygen atoms in total. The topological polar surface area (TPSA) is 192 Å². The van der Waals surface area contributed by atoms with Gasteiger partial charge in [-0.1, -0.05) is 44.9 Å². The van der Waals surface area contributed by atoms with E-state index in [9.17, 15) is 33.6 Å². The third-order valence-corrected chi connectivity index (χ3v) is 7.77. The van der Waals surface area contributed by atoms with Crippen LogP contribution in [-0.4, -0.2) is 108 Å². The summed E-state index contributed by atoms with van der Waals surface area (Å²) in [5.41, 5.74) is 1.70. The highest BCUT2D eigenvalue weighted by atomic mass is 16.5. The fraction of sp³-hybridized carbons (Fsp3) is 0.667. The number of esters is 1. The summed E-state index contributed by atoms with van der Waals surface area (Å²) in [6, 6.07) is -3.20. The molecular weight excluding hydrogens is 610 g/mol. The van der Waals surface area contributed by atoms with Crippen molar-refractivity contribution in [1.82, 2.24) is 25.8 Å². The van der Waals surface area contributed by atoms with Crippen LogP contribution in [0, 0.1) is 11.8 Å². The van der Waals surface area contributed by atoms with Gasteiger partial charge < -0.3 is 35.6 Å². The van der Waals surface area contributed by atoms with E-state index < -0.39 is 79.3 Å². The minimum atomic E-state index is -1.22. The molecule has 0 heterocycles. The summed E-state index contributed by atoms with van der Waals surface area (Å²) < 4.78 is 5.07. The van der Waals surface area contributed by atoms with Crippen LogP contribution in [0.5, 0.6) is 0 Å². The van der Waals surface area contributed by atoms with Crippen molar-refractivity contribution in [3.8, 4) is 0 Å². The Morgan fingerprint density at radius 2 is 1.47 bits per heavy atom. The van der Waals surface area contributed by atoms with Gasteiger partial charge in [-0.15, -0.1) is 0 Å². The molecule has 0 bridgehead atoms. The predicted octanol–water partition coefficient (Wildman–Crippen LogP) is 1.79. The Labute approximate surface area is 278 Å². The minimum Gasteiger partial charge on any atom is -0.480 e. The van der Waals surface area contributed by atoms with Crippen molar-refractivity contribution >= 4 is 41.5 Å². The molecule has 0 radical (unpaired) electrons. The van der Waals surface area contributed by atoms with Crippen LogP contribution in [0.1, 0.15) is 81.1 Å². The first-order valence-corrected chi connectivity index (χ1v) is 15.9. The number of carboxylic acids is 1. The maximum absolute atomic E-state index is 12.8. The van der Waals surface area contributed by atoms with E-state index in [1.165, 1.54) is 33.5 Å². The second-order valence-corrected chi connectivity index (χ2v) is 12.2. The molecule has 0 rings (SSSR count). The van der Waals surface area contributed by atoms with Crippen molar-refractivity contribution in [2.24, 2.45) is 11.8 Å². The monoisotopic (exact) mass is 665 g/mol. The van der Waals surface area contributed by atoms with Crippen molar-refractivity contribution in [3.05, 3.63) is 23.3 Å². The Morgan fingerprint density at radius 1 is 0.851 bits per heavy atom. The first-order chi connectivity index (χ1) is 21.8. The number of likely N-dealkylation sites (N-methyl/N-ethyl adjacent to an activating group) is 2. The Morgan fingerprint density at radius 3 is 2.02 bits per heavy atom. The Balaban J connectivity index is 4.85. The van der Waals surface area contributed by atoms with Crippen molar-refractivity contribution in [2.75, 3.05) is 33.8 Å². The summed E-state index contributed by atoms with van der Waals surface area (Å²) in [6.45, 7) is 12.7. The van der Waals surface area contributed by atoms with Gasteiger partial charge in [-0.05, 0) is 65.7 Å². The van der Waals surface area contributed by atoms with Crippen LogP contribution >= 0.6 is 0 Å². The molecule has 0 aliphatic carbocycles. The van der Waals surface area contributed by atoms with E-state index in [0.29, 0.717) is 24.3 Å². The van der Waals surface area contributed by atoms with E-state index in [4.69, 9.17) is 9.84 Å². The molecule has 5 amide bonds. The number of amides is 5. The number of nitrogens with one attached hydrogen (secondary N) is 3. The molecule has 3 unspecified atom stereocenters. The fourth-order valence-corrected chi connectivity index (χ4v) is 4.35. The molecular formula is C33H55N5O9. The number of hydrogen-bond acceptors (Lipinski definition) is 8. The van der Waals surface area contributed by atoms with E-state index in [-0.39, 0.29) is 5.92 Å². The molecule has 4 N–H and O–H groups in total. The summed E-state index contributed by atoms with van der Waals surface area (Å²) in [5, 5.41) is 16.4. The molecule has 0 spiro atoms. The van der Waals surface area contributed by atoms with Gasteiger partial charge in [0.2, 0.25) is 23.6 Å². The van der Waals surface area contributed by atoms with Crippen molar-refractivity contribution in [2.45, 2.75) is 99.2 Å². The highest BCUT2D eigenvalue weighted by Crippen LogP contribution is 2.17. The normalized spacial score (nSPS) is 14.9. The molecule has 0 aliphatic rings. The van der Waals surface area contributed by atoms with E-state index >= 15 is 0 Å². The largest absolute Gasteiger partial charge is 0.480 e. The smallest absolute Gasteiger partial charge is 0.333 e. The van der Waals surface area contributed by atoms with Crippen LogP contribution in [0.3, 0.4) is 0 Å². The van der Waals surface area contributed by atoms with Gasteiger partial charge in [0.15, 0.2) is 6.61 Å². The maximum atomic E-state index is 12.8. The second kappa shape index (κ2) is 21.5. The van der Waals surface area contributed by atoms with Crippen LogP contribution in [0.4, 0.5) is 0 Å². The van der Waals surface area contributed by atoms with Crippen LogP contribution in [0.25, 0.3) is 0 Å². The van der Waals surface area contributed by atoms with Gasteiger partial charge in [0.1, 0.15) is 18.1 Å². The van der Waals surface area contributed by atoms with Gasteiger partial charge in [0.25, 0.3) is 5.91 Å². The van der Waals surface area contributed by atoms with Gasteiger partial charge in [-0.2, -0.15) is 0 Å². The van der Waals surface area contributed by atoms with Crippen molar-refractivity contribution < 1.29 is 43.4 Å². The van der Waals surface area contributed by atoms with Crippen LogP contribution in [0.15, 0.2) is 23.3 Å². The van der Waals surface area contributed by atoms with Gasteiger partial charge >= 0.3 is 11.9 Å². The molecule has 0 saturated carbocycles. The predicted molar refractivity (Wildman–Crippen MR) is 177 cm³/mol. The van der Waals surface area contributed by atoms with Crippen molar-refractivity contribution in [1.29, 1.82) is 0 Å². The third kappa shape index (κ3) is 16.8. The zero-order valence-electron chi connectivity index (χ0n) is 29.6. The molecule has 0 aliphatic heterocycles. The number of aliphatic carboxylic acids is 1. The SMILES string of the molecule is C/C=C(\C)C[C@H](C)CC/C=C(\C)C(=O)OCC(=O)NC(C)C(=O)N(C)CC(=O)N(C)CC(=O)NC(C(=O)N[C@H](C)C(=O)O)C(C)CC. The molecule has 266 valence electrons. The number of carbonyl (C=O) groups is 7. The molecule has 0 aromatic rings. The third-order valence-electron chi connectivity index (χ3n) is 7.77. The lowest BCUT2D eigenvalue weighted by atomic mass is 9.97. The lowest BCUT2D eigenvalue weighted by molar-refractivity contribution is -0.146. The average Bonchev–Trinajstić information content (AvgIpc) is 3.00. The summed E-state index contributed by atoms with van der Waals surface area (Å²) in [6.07, 6.45) is 6.98. The zero-order chi connectivity index (χ0) is 36.4. The number of rotatable bonds is 20. The molecule has 14 heteroatoms. The van der Waals surface area contributed by atoms with Gasteiger partial charge in [0.05, 0.1) is 13.1 Å². The lowest BCUT2D eigenvalue weighted by Crippen LogP contribution is -2.55. The fourth-order valence-electron chi connectivity index (χ4n) is 4.35. The molecule has 0 fully saturated rings. The first kappa shape index (κ1) is 42.8. The van der Waals surface area contributed by atoms with E-state index in [1.54, 1.807) is 19.9 Å². The van der Waals surface area contributed by atoms with E-state index in [0.717, 1.165) is 22.6 Å². The highest BCUT2D eigenvalue weighted by Gasteiger charge is 2.29. The van der Waals surface area contributed by atoms with Crippen molar-refractivity contribution in [3.63, 3.8) is 0 Å². The van der Waals surface area contributed by atoms with Crippen LogP contribution in [-0.2, 0) is 38.3 Å². The Bertz CT molecular complexity index is 1180. The molecule has 0 saturated heterocycles. The molecule has 47 heavy (non-hydrogen) atoms. The lowest BCUT2D eigenvalue weighted by Gasteiger charge is -2.27. The van der Waals surface area contributed by atoms with Crippen LogP contribution < -0.4 is 16.0 Å². The number of carbonyl (C=O) groups excluding carboxylic acids is 6. The first-order valence-electron chi connectivity index (χ1n) is 15.9.